The minimum absolute atomic E-state index is 0.270. The van der Waals surface area contributed by atoms with Crippen molar-refractivity contribution in [1.82, 2.24) is 0 Å². The molecule has 1 aliphatic heterocycles. The SMILES string of the molecule is C[Si](C)(C)[C]1([Si](C)(C)C)C(c2ccccc2)(c2ccccc2)[O][Ge]1([CH3])[CH3]. The summed E-state index contributed by atoms with van der Waals surface area (Å²) in [6.07, 6.45) is 0. The van der Waals surface area contributed by atoms with Crippen LogP contribution in [0, 0.1) is 0 Å². The van der Waals surface area contributed by atoms with E-state index in [0.29, 0.717) is 3.49 Å². The standard InChI is InChI=1S/C22H34GeOSi2/c1-23(2)22(25(3,4)5,26(6,7)8)21(24-23,19-15-11-9-12-16-19)20-17-13-10-14-18-20/h9-18H,1-8H3. The predicted octanol–water partition coefficient (Wildman–Crippen LogP) is 6.66. The van der Waals surface area contributed by atoms with Crippen molar-refractivity contribution >= 4 is 29.8 Å². The second kappa shape index (κ2) is 6.19. The van der Waals surface area contributed by atoms with Gasteiger partial charge in [0.05, 0.1) is 0 Å². The van der Waals surface area contributed by atoms with E-state index >= 15 is 0 Å². The third kappa shape index (κ3) is 2.43. The Bertz CT molecular complexity index is 704. The van der Waals surface area contributed by atoms with Crippen molar-refractivity contribution in [3.8, 4) is 0 Å². The van der Waals surface area contributed by atoms with Crippen LogP contribution in [0.15, 0.2) is 60.7 Å². The molecule has 0 N–H and O–H groups in total. The van der Waals surface area contributed by atoms with Gasteiger partial charge in [-0.1, -0.05) is 0 Å². The monoisotopic (exact) mass is 444 g/mol. The van der Waals surface area contributed by atoms with Crippen LogP contribution in [0.1, 0.15) is 11.1 Å². The maximum atomic E-state index is 7.21. The van der Waals surface area contributed by atoms with Crippen LogP contribution in [0.25, 0.3) is 0 Å². The Morgan fingerprint density at radius 3 is 1.27 bits per heavy atom. The zero-order chi connectivity index (χ0) is 19.4. The predicted molar refractivity (Wildman–Crippen MR) is 122 cm³/mol. The molecule has 1 saturated heterocycles. The quantitative estimate of drug-likeness (QED) is 0.480. The minimum atomic E-state index is -2.49. The summed E-state index contributed by atoms with van der Waals surface area (Å²) in [5.41, 5.74) is 2.45. The molecule has 0 aliphatic carbocycles. The first kappa shape index (κ1) is 20.1. The summed E-state index contributed by atoms with van der Waals surface area (Å²) >= 11 is -2.49. The Morgan fingerprint density at radius 2 is 1.00 bits per heavy atom. The van der Waals surface area contributed by atoms with E-state index < -0.39 is 29.8 Å². The molecule has 0 spiro atoms. The first-order chi connectivity index (χ1) is 11.9. The molecule has 0 saturated carbocycles. The average Bonchev–Trinajstić information content (AvgIpc) is 2.51. The molecule has 4 heteroatoms. The van der Waals surface area contributed by atoms with Crippen molar-refractivity contribution < 1.29 is 3.76 Å². The summed E-state index contributed by atoms with van der Waals surface area (Å²) in [7, 11) is -3.15. The molecule has 140 valence electrons. The molecule has 2 aromatic carbocycles. The second-order valence-corrected chi connectivity index (χ2v) is 31.7. The van der Waals surface area contributed by atoms with E-state index in [1.54, 1.807) is 0 Å². The van der Waals surface area contributed by atoms with Crippen molar-refractivity contribution in [2.24, 2.45) is 0 Å². The van der Waals surface area contributed by atoms with Gasteiger partial charge in [0.2, 0.25) is 0 Å². The molecular formula is C22H34GeOSi2. The third-order valence-electron chi connectivity index (χ3n) is 6.45. The summed E-state index contributed by atoms with van der Waals surface area (Å²) < 4.78 is 7.57. The normalized spacial score (nSPS) is 21.1. The Morgan fingerprint density at radius 1 is 0.654 bits per heavy atom. The molecule has 3 rings (SSSR count). The van der Waals surface area contributed by atoms with Gasteiger partial charge in [0.15, 0.2) is 0 Å². The van der Waals surface area contributed by atoms with Gasteiger partial charge in [0.25, 0.3) is 0 Å². The van der Waals surface area contributed by atoms with Gasteiger partial charge in [-0.25, -0.2) is 0 Å². The van der Waals surface area contributed by atoms with Crippen molar-refractivity contribution in [2.45, 2.75) is 59.9 Å². The fourth-order valence-corrected chi connectivity index (χ4v) is 51.0. The zero-order valence-electron chi connectivity index (χ0n) is 17.7. The fraction of sp³-hybridized carbons (Fsp3) is 0.455. The van der Waals surface area contributed by atoms with Gasteiger partial charge in [-0.3, -0.25) is 0 Å². The number of benzene rings is 2. The van der Waals surface area contributed by atoms with Crippen LogP contribution in [0.2, 0.25) is 54.3 Å². The van der Waals surface area contributed by atoms with E-state index in [1.165, 1.54) is 11.1 Å². The molecule has 0 atom stereocenters. The van der Waals surface area contributed by atoms with Crippen molar-refractivity contribution in [2.75, 3.05) is 0 Å². The van der Waals surface area contributed by atoms with Crippen LogP contribution in [0.3, 0.4) is 0 Å². The van der Waals surface area contributed by atoms with Gasteiger partial charge in [0, 0.05) is 0 Å². The summed E-state index contributed by atoms with van der Waals surface area (Å²) in [6, 6.07) is 22.2. The van der Waals surface area contributed by atoms with Crippen LogP contribution in [-0.4, -0.2) is 29.8 Å². The molecule has 1 aliphatic rings. The van der Waals surface area contributed by atoms with E-state index in [4.69, 9.17) is 3.76 Å². The van der Waals surface area contributed by atoms with Gasteiger partial charge >= 0.3 is 165 Å². The third-order valence-corrected chi connectivity index (χ3v) is 38.1. The van der Waals surface area contributed by atoms with Gasteiger partial charge in [-0.2, -0.15) is 0 Å². The molecule has 2 aromatic rings. The molecule has 0 radical (unpaired) electrons. The summed E-state index contributed by atoms with van der Waals surface area (Å²) in [5, 5.41) is 0. The Hall–Kier alpha value is -0.623. The number of hydrogen-bond acceptors (Lipinski definition) is 1. The van der Waals surface area contributed by atoms with Crippen LogP contribution < -0.4 is 0 Å². The topological polar surface area (TPSA) is 9.23 Å². The Labute approximate surface area is 164 Å². The molecule has 1 nitrogen and oxygen atoms in total. The molecular weight excluding hydrogens is 409 g/mol. The Balaban J connectivity index is 2.46. The average molecular weight is 443 g/mol. The summed E-state index contributed by atoms with van der Waals surface area (Å²) in [6.45, 7) is 15.6. The van der Waals surface area contributed by atoms with Crippen LogP contribution >= 0.6 is 0 Å². The summed E-state index contributed by atoms with van der Waals surface area (Å²) in [5.74, 6) is 5.06. The summed E-state index contributed by atoms with van der Waals surface area (Å²) in [4.78, 5) is 0. The van der Waals surface area contributed by atoms with Gasteiger partial charge in [0.1, 0.15) is 0 Å². The van der Waals surface area contributed by atoms with E-state index in [0.717, 1.165) is 0 Å². The van der Waals surface area contributed by atoms with Crippen molar-refractivity contribution in [3.05, 3.63) is 71.8 Å². The zero-order valence-corrected chi connectivity index (χ0v) is 21.8. The first-order valence-electron chi connectivity index (χ1n) is 9.73. The molecule has 1 fully saturated rings. The van der Waals surface area contributed by atoms with E-state index in [9.17, 15) is 0 Å². The van der Waals surface area contributed by atoms with Crippen LogP contribution in [0.5, 0.6) is 0 Å². The molecule has 0 unspecified atom stereocenters. The first-order valence-corrected chi connectivity index (χ1v) is 22.8. The molecule has 0 aromatic heterocycles. The molecule has 0 amide bonds. The molecule has 0 bridgehead atoms. The van der Waals surface area contributed by atoms with E-state index in [1.807, 2.05) is 0 Å². The second-order valence-electron chi connectivity index (χ2n) is 10.3. The van der Waals surface area contributed by atoms with Crippen LogP contribution in [-0.2, 0) is 9.36 Å². The molecule has 26 heavy (non-hydrogen) atoms. The van der Waals surface area contributed by atoms with E-state index in [-0.39, 0.29) is 5.60 Å². The van der Waals surface area contributed by atoms with Gasteiger partial charge in [-0.15, -0.1) is 0 Å². The van der Waals surface area contributed by atoms with Crippen LogP contribution in [0.4, 0.5) is 0 Å². The fourth-order valence-electron chi connectivity index (χ4n) is 6.96. The van der Waals surface area contributed by atoms with Crippen molar-refractivity contribution in [1.29, 1.82) is 0 Å². The number of hydrogen-bond donors (Lipinski definition) is 0. The number of rotatable bonds is 4. The van der Waals surface area contributed by atoms with Crippen molar-refractivity contribution in [3.63, 3.8) is 0 Å². The van der Waals surface area contributed by atoms with Gasteiger partial charge < -0.3 is 0 Å². The van der Waals surface area contributed by atoms with Gasteiger partial charge in [-0.05, 0) is 0 Å². The maximum absolute atomic E-state index is 7.21. The Kier molecular flexibility index (Phi) is 4.79. The van der Waals surface area contributed by atoms with E-state index in [2.05, 4.69) is 111 Å². The molecule has 1 heterocycles.